The summed E-state index contributed by atoms with van der Waals surface area (Å²) in [4.78, 5) is 28.5. The van der Waals surface area contributed by atoms with E-state index in [1.54, 1.807) is 5.48 Å². The molecule has 0 saturated heterocycles. The first-order valence-corrected chi connectivity index (χ1v) is 10.2. The van der Waals surface area contributed by atoms with Gasteiger partial charge in [-0.2, -0.15) is 0 Å². The lowest BCUT2D eigenvalue weighted by atomic mass is 10.1. The SMILES string of the molecule is O=C(NO)c1ccc(C(=O)NCCNc2cc(-c3ccccc3)nc3ccccc23)cc1. The van der Waals surface area contributed by atoms with Gasteiger partial charge in [0.1, 0.15) is 0 Å². The topological polar surface area (TPSA) is 103 Å². The second kappa shape index (κ2) is 9.72. The summed E-state index contributed by atoms with van der Waals surface area (Å²) in [6.45, 7) is 0.939. The number of carbonyl (C=O) groups excluding carboxylic acids is 2. The predicted molar refractivity (Wildman–Crippen MR) is 124 cm³/mol. The highest BCUT2D eigenvalue weighted by atomic mass is 16.5. The quantitative estimate of drug-likeness (QED) is 0.204. The van der Waals surface area contributed by atoms with E-state index >= 15 is 0 Å². The minimum Gasteiger partial charge on any atom is -0.383 e. The molecule has 4 N–H and O–H groups in total. The Kier molecular flexibility index (Phi) is 6.38. The maximum Gasteiger partial charge on any atom is 0.274 e. The van der Waals surface area contributed by atoms with E-state index in [4.69, 9.17) is 10.2 Å². The van der Waals surface area contributed by atoms with Crippen molar-refractivity contribution in [3.63, 3.8) is 0 Å². The van der Waals surface area contributed by atoms with Gasteiger partial charge in [0.2, 0.25) is 0 Å². The number of hydrogen-bond donors (Lipinski definition) is 4. The van der Waals surface area contributed by atoms with Crippen molar-refractivity contribution in [1.29, 1.82) is 0 Å². The van der Waals surface area contributed by atoms with Crippen molar-refractivity contribution in [2.45, 2.75) is 0 Å². The maximum absolute atomic E-state index is 12.4. The minimum atomic E-state index is -0.624. The maximum atomic E-state index is 12.4. The predicted octanol–water partition coefficient (Wildman–Crippen LogP) is 3.86. The van der Waals surface area contributed by atoms with Gasteiger partial charge in [-0.25, -0.2) is 10.5 Å². The van der Waals surface area contributed by atoms with Crippen LogP contribution < -0.4 is 16.1 Å². The third-order valence-electron chi connectivity index (χ3n) is 5.02. The molecular weight excluding hydrogens is 404 g/mol. The molecule has 160 valence electrons. The van der Waals surface area contributed by atoms with Gasteiger partial charge in [-0.05, 0) is 36.4 Å². The highest BCUT2D eigenvalue weighted by Crippen LogP contribution is 2.28. The van der Waals surface area contributed by atoms with Crippen LogP contribution in [0, 0.1) is 0 Å². The molecule has 0 bridgehead atoms. The summed E-state index contributed by atoms with van der Waals surface area (Å²) in [5, 5.41) is 15.9. The fraction of sp³-hybridized carbons (Fsp3) is 0.0800. The fourth-order valence-electron chi connectivity index (χ4n) is 3.39. The van der Waals surface area contributed by atoms with Crippen molar-refractivity contribution in [2.75, 3.05) is 18.4 Å². The number of hydroxylamine groups is 1. The van der Waals surface area contributed by atoms with Crippen LogP contribution >= 0.6 is 0 Å². The molecule has 2 amide bonds. The summed E-state index contributed by atoms with van der Waals surface area (Å²) >= 11 is 0. The molecule has 0 saturated carbocycles. The number of anilines is 1. The molecule has 1 aromatic heterocycles. The van der Waals surface area contributed by atoms with Crippen LogP contribution in [-0.2, 0) is 0 Å². The van der Waals surface area contributed by atoms with E-state index in [-0.39, 0.29) is 11.5 Å². The lowest BCUT2D eigenvalue weighted by Crippen LogP contribution is -2.29. The summed E-state index contributed by atoms with van der Waals surface area (Å²) in [5.41, 5.74) is 6.02. The summed E-state index contributed by atoms with van der Waals surface area (Å²) in [6, 6.07) is 26.0. The molecule has 0 aliphatic heterocycles. The van der Waals surface area contributed by atoms with Crippen LogP contribution in [0.4, 0.5) is 5.69 Å². The second-order valence-corrected chi connectivity index (χ2v) is 7.14. The highest BCUT2D eigenvalue weighted by molar-refractivity contribution is 5.97. The van der Waals surface area contributed by atoms with Crippen LogP contribution in [0.15, 0.2) is 84.9 Å². The molecule has 1 heterocycles. The Morgan fingerprint density at radius 3 is 2.16 bits per heavy atom. The molecule has 4 aromatic rings. The van der Waals surface area contributed by atoms with Gasteiger partial charge in [0.25, 0.3) is 11.8 Å². The molecule has 7 heteroatoms. The molecule has 32 heavy (non-hydrogen) atoms. The normalized spacial score (nSPS) is 10.5. The van der Waals surface area contributed by atoms with E-state index in [9.17, 15) is 9.59 Å². The summed E-state index contributed by atoms with van der Waals surface area (Å²) < 4.78 is 0. The largest absolute Gasteiger partial charge is 0.383 e. The second-order valence-electron chi connectivity index (χ2n) is 7.14. The van der Waals surface area contributed by atoms with E-state index in [0.717, 1.165) is 27.8 Å². The number of fused-ring (bicyclic) bond motifs is 1. The standard InChI is InChI=1S/C25H22N4O3/c30-24(18-10-12-19(13-11-18)25(31)29-32)27-15-14-26-23-16-22(17-6-2-1-3-7-17)28-21-9-5-4-8-20(21)23/h1-13,16,32H,14-15H2,(H,26,28)(H,27,30)(H,29,31). The van der Waals surface area contributed by atoms with Crippen molar-refractivity contribution >= 4 is 28.4 Å². The molecule has 7 nitrogen and oxygen atoms in total. The van der Waals surface area contributed by atoms with Crippen molar-refractivity contribution < 1.29 is 14.8 Å². The number of hydrogen-bond acceptors (Lipinski definition) is 5. The number of amides is 2. The van der Waals surface area contributed by atoms with Crippen LogP contribution in [0.1, 0.15) is 20.7 Å². The Morgan fingerprint density at radius 1 is 0.781 bits per heavy atom. The zero-order chi connectivity index (χ0) is 22.3. The van der Waals surface area contributed by atoms with Crippen LogP contribution in [0.2, 0.25) is 0 Å². The Balaban J connectivity index is 1.42. The van der Waals surface area contributed by atoms with Crippen LogP contribution in [0.3, 0.4) is 0 Å². The number of nitrogens with zero attached hydrogens (tertiary/aromatic N) is 1. The summed E-state index contributed by atoms with van der Waals surface area (Å²) in [7, 11) is 0. The van der Waals surface area contributed by atoms with E-state index < -0.39 is 5.91 Å². The van der Waals surface area contributed by atoms with Crippen molar-refractivity contribution in [2.24, 2.45) is 0 Å². The van der Waals surface area contributed by atoms with Gasteiger partial charge in [0.05, 0.1) is 11.2 Å². The smallest absolute Gasteiger partial charge is 0.274 e. The Bertz CT molecular complexity index is 1240. The van der Waals surface area contributed by atoms with Crippen molar-refractivity contribution in [3.05, 3.63) is 96.1 Å². The number of aromatic nitrogens is 1. The Hall–Kier alpha value is -4.23. The molecule has 0 atom stereocenters. The molecular formula is C25H22N4O3. The third-order valence-corrected chi connectivity index (χ3v) is 5.02. The fourth-order valence-corrected chi connectivity index (χ4v) is 3.39. The molecule has 3 aromatic carbocycles. The lowest BCUT2D eigenvalue weighted by Gasteiger charge is -2.13. The van der Waals surface area contributed by atoms with Gasteiger partial charge in [0.15, 0.2) is 0 Å². The van der Waals surface area contributed by atoms with Gasteiger partial charge in [-0.1, -0.05) is 48.5 Å². The van der Waals surface area contributed by atoms with Crippen LogP contribution in [0.5, 0.6) is 0 Å². The van der Waals surface area contributed by atoms with Gasteiger partial charge in [0, 0.05) is 40.9 Å². The first-order valence-electron chi connectivity index (χ1n) is 10.2. The van der Waals surface area contributed by atoms with E-state index in [2.05, 4.69) is 10.6 Å². The van der Waals surface area contributed by atoms with E-state index in [1.165, 1.54) is 24.3 Å². The zero-order valence-electron chi connectivity index (χ0n) is 17.2. The molecule has 0 spiro atoms. The third kappa shape index (κ3) is 4.74. The molecule has 0 fully saturated rings. The van der Waals surface area contributed by atoms with E-state index in [1.807, 2.05) is 60.7 Å². The molecule has 0 aliphatic carbocycles. The molecule has 0 aliphatic rings. The summed E-state index contributed by atoms with van der Waals surface area (Å²) in [5.74, 6) is -0.868. The number of pyridine rings is 1. The average molecular weight is 426 g/mol. The Morgan fingerprint density at radius 2 is 1.44 bits per heavy atom. The average Bonchev–Trinajstić information content (AvgIpc) is 2.86. The number of benzene rings is 3. The van der Waals surface area contributed by atoms with E-state index in [0.29, 0.717) is 18.7 Å². The lowest BCUT2D eigenvalue weighted by molar-refractivity contribution is 0.0706. The van der Waals surface area contributed by atoms with Crippen LogP contribution in [-0.4, -0.2) is 35.1 Å². The number of rotatable bonds is 7. The highest BCUT2D eigenvalue weighted by Gasteiger charge is 2.09. The first kappa shape index (κ1) is 21.0. The monoisotopic (exact) mass is 426 g/mol. The van der Waals surface area contributed by atoms with Gasteiger partial charge in [-0.15, -0.1) is 0 Å². The van der Waals surface area contributed by atoms with Crippen LogP contribution in [0.25, 0.3) is 22.2 Å². The number of carbonyl (C=O) groups is 2. The molecule has 0 radical (unpaired) electrons. The van der Waals surface area contributed by atoms with Crippen molar-refractivity contribution in [3.8, 4) is 11.3 Å². The van der Waals surface area contributed by atoms with Gasteiger partial charge < -0.3 is 10.6 Å². The first-order chi connectivity index (χ1) is 15.7. The van der Waals surface area contributed by atoms with Gasteiger partial charge in [-0.3, -0.25) is 14.8 Å². The molecule has 4 rings (SSSR count). The molecule has 0 unspecified atom stereocenters. The number of nitrogens with one attached hydrogen (secondary N) is 3. The number of para-hydroxylation sites is 1. The summed E-state index contributed by atoms with van der Waals surface area (Å²) in [6.07, 6.45) is 0. The van der Waals surface area contributed by atoms with Gasteiger partial charge >= 0.3 is 0 Å². The Labute approximate surface area is 185 Å². The van der Waals surface area contributed by atoms with Crippen molar-refractivity contribution in [1.82, 2.24) is 15.8 Å². The zero-order valence-corrected chi connectivity index (χ0v) is 17.2. The minimum absolute atomic E-state index is 0.243.